The molecule has 0 saturated heterocycles. The molecule has 1 aromatic carbocycles. The van der Waals surface area contributed by atoms with Crippen molar-refractivity contribution >= 4 is 11.9 Å². The molecule has 1 aromatic rings. The van der Waals surface area contributed by atoms with Gasteiger partial charge in [-0.1, -0.05) is 50.6 Å². The first-order chi connectivity index (χ1) is 14.7. The summed E-state index contributed by atoms with van der Waals surface area (Å²) in [5.41, 5.74) is 0.915. The van der Waals surface area contributed by atoms with Crippen molar-refractivity contribution in [3.05, 3.63) is 41.5 Å². The maximum atomic E-state index is 13.0. The Morgan fingerprint density at radius 1 is 1.03 bits per heavy atom. The van der Waals surface area contributed by atoms with Crippen LogP contribution in [-0.2, 0) is 25.5 Å². The summed E-state index contributed by atoms with van der Waals surface area (Å²) in [6.07, 6.45) is 6.75. The third-order valence-corrected chi connectivity index (χ3v) is 7.18. The number of methoxy groups -OCH3 is 2. The van der Waals surface area contributed by atoms with Crippen molar-refractivity contribution < 1.29 is 23.8 Å². The maximum absolute atomic E-state index is 13.0. The molecule has 0 radical (unpaired) electrons. The molecule has 2 aliphatic rings. The Labute approximate surface area is 186 Å². The van der Waals surface area contributed by atoms with Crippen molar-refractivity contribution in [2.45, 2.75) is 59.3 Å². The molecule has 1 aliphatic heterocycles. The van der Waals surface area contributed by atoms with Crippen molar-refractivity contribution in [2.75, 3.05) is 20.8 Å². The van der Waals surface area contributed by atoms with Crippen molar-refractivity contribution in [3.8, 4) is 5.75 Å². The molecule has 1 aliphatic carbocycles. The smallest absolute Gasteiger partial charge is 0.323 e. The van der Waals surface area contributed by atoms with E-state index in [4.69, 9.17) is 14.2 Å². The quantitative estimate of drug-likeness (QED) is 0.372. The fourth-order valence-corrected chi connectivity index (χ4v) is 5.21. The molecular weight excluding hydrogens is 392 g/mol. The van der Waals surface area contributed by atoms with Gasteiger partial charge in [0.05, 0.1) is 20.8 Å². The summed E-state index contributed by atoms with van der Waals surface area (Å²) in [4.78, 5) is 26.1. The van der Waals surface area contributed by atoms with E-state index in [2.05, 4.69) is 26.8 Å². The van der Waals surface area contributed by atoms with Crippen LogP contribution in [0.15, 0.2) is 35.9 Å². The van der Waals surface area contributed by atoms with Crippen molar-refractivity contribution in [2.24, 2.45) is 22.7 Å². The molecule has 5 nitrogen and oxygen atoms in total. The molecule has 0 saturated carbocycles. The van der Waals surface area contributed by atoms with Crippen LogP contribution < -0.4 is 4.74 Å². The first-order valence-corrected chi connectivity index (χ1v) is 11.3. The van der Waals surface area contributed by atoms with Crippen LogP contribution in [0.2, 0.25) is 0 Å². The zero-order chi connectivity index (χ0) is 22.6. The fraction of sp³-hybridized carbons (Fsp3) is 0.615. The average Bonchev–Trinajstić information content (AvgIpc) is 2.74. The number of ether oxygens (including phenoxy) is 3. The predicted molar refractivity (Wildman–Crippen MR) is 120 cm³/mol. The topological polar surface area (TPSA) is 61.8 Å². The fourth-order valence-electron chi connectivity index (χ4n) is 5.21. The zero-order valence-corrected chi connectivity index (χ0v) is 19.5. The lowest BCUT2D eigenvalue weighted by Gasteiger charge is -2.45. The van der Waals surface area contributed by atoms with E-state index in [0.29, 0.717) is 37.0 Å². The molecule has 5 heteroatoms. The number of benzene rings is 1. The molecular formula is C26H36O5. The SMILES string of the molecule is COC(=O)C1(C(=O)OC)CCC2=CC(C)(C)C2CCC(C)CCOc2ccccc2C1. The van der Waals surface area contributed by atoms with Gasteiger partial charge >= 0.3 is 11.9 Å². The number of para-hydroxylation sites is 1. The number of esters is 2. The minimum atomic E-state index is -1.40. The lowest BCUT2D eigenvalue weighted by atomic mass is 9.60. The van der Waals surface area contributed by atoms with Gasteiger partial charge in [0, 0.05) is 6.42 Å². The van der Waals surface area contributed by atoms with E-state index in [0.717, 1.165) is 24.8 Å². The molecule has 2 unspecified atom stereocenters. The minimum Gasteiger partial charge on any atom is -0.493 e. The largest absolute Gasteiger partial charge is 0.493 e. The second-order valence-corrected chi connectivity index (χ2v) is 9.76. The van der Waals surface area contributed by atoms with Crippen molar-refractivity contribution in [1.82, 2.24) is 0 Å². The molecule has 2 atom stereocenters. The first kappa shape index (κ1) is 23.4. The van der Waals surface area contributed by atoms with Gasteiger partial charge in [-0.2, -0.15) is 0 Å². The van der Waals surface area contributed by atoms with E-state index in [1.807, 2.05) is 24.3 Å². The minimum absolute atomic E-state index is 0.147. The number of carbonyl (C=O) groups excluding carboxylic acids is 2. The number of carbonyl (C=O) groups is 2. The molecule has 0 spiro atoms. The summed E-state index contributed by atoms with van der Waals surface area (Å²) >= 11 is 0. The number of allylic oxidation sites excluding steroid dienone is 2. The normalized spacial score (nSPS) is 25.3. The molecule has 0 N–H and O–H groups in total. The number of hydrogen-bond donors (Lipinski definition) is 0. The summed E-state index contributed by atoms with van der Waals surface area (Å²) in [5, 5.41) is 0. The van der Waals surface area contributed by atoms with Crippen LogP contribution in [0, 0.1) is 22.7 Å². The average molecular weight is 429 g/mol. The molecule has 31 heavy (non-hydrogen) atoms. The highest BCUT2D eigenvalue weighted by atomic mass is 16.5. The van der Waals surface area contributed by atoms with Gasteiger partial charge < -0.3 is 14.2 Å². The first-order valence-electron chi connectivity index (χ1n) is 11.3. The summed E-state index contributed by atoms with van der Waals surface area (Å²) < 4.78 is 16.4. The number of rotatable bonds is 2. The Hall–Kier alpha value is -2.30. The predicted octanol–water partition coefficient (Wildman–Crippen LogP) is 5.12. The zero-order valence-electron chi connectivity index (χ0n) is 19.5. The third kappa shape index (κ3) is 4.81. The van der Waals surface area contributed by atoms with E-state index < -0.39 is 17.4 Å². The van der Waals surface area contributed by atoms with E-state index in [1.165, 1.54) is 19.8 Å². The second-order valence-electron chi connectivity index (χ2n) is 9.76. The van der Waals surface area contributed by atoms with Crippen LogP contribution in [-0.4, -0.2) is 32.8 Å². The Kier molecular flexibility index (Phi) is 7.13. The Morgan fingerprint density at radius 2 is 1.71 bits per heavy atom. The maximum Gasteiger partial charge on any atom is 0.323 e. The summed E-state index contributed by atoms with van der Waals surface area (Å²) in [6.45, 7) is 7.43. The molecule has 1 heterocycles. The van der Waals surface area contributed by atoms with Gasteiger partial charge in [0.1, 0.15) is 5.75 Å². The van der Waals surface area contributed by atoms with E-state index in [1.54, 1.807) is 0 Å². The molecule has 0 amide bonds. The highest BCUT2D eigenvalue weighted by Gasteiger charge is 2.50. The van der Waals surface area contributed by atoms with Gasteiger partial charge in [0.2, 0.25) is 0 Å². The van der Waals surface area contributed by atoms with Crippen LogP contribution in [0.5, 0.6) is 5.75 Å². The van der Waals surface area contributed by atoms with Crippen molar-refractivity contribution in [1.29, 1.82) is 0 Å². The molecule has 0 aromatic heterocycles. The van der Waals surface area contributed by atoms with E-state index in [-0.39, 0.29) is 11.8 Å². The monoisotopic (exact) mass is 428 g/mol. The van der Waals surface area contributed by atoms with E-state index >= 15 is 0 Å². The highest BCUT2D eigenvalue weighted by Crippen LogP contribution is 2.50. The number of fused-ring (bicyclic) bond motifs is 2. The van der Waals surface area contributed by atoms with Gasteiger partial charge in [0.25, 0.3) is 0 Å². The summed E-state index contributed by atoms with van der Waals surface area (Å²) in [5.74, 6) is 0.665. The van der Waals surface area contributed by atoms with Gasteiger partial charge in [-0.15, -0.1) is 0 Å². The second kappa shape index (κ2) is 9.46. The van der Waals surface area contributed by atoms with Gasteiger partial charge in [0.15, 0.2) is 5.41 Å². The van der Waals surface area contributed by atoms with Crippen LogP contribution >= 0.6 is 0 Å². The van der Waals surface area contributed by atoms with Gasteiger partial charge in [-0.05, 0) is 61.0 Å². The molecule has 0 fully saturated rings. The van der Waals surface area contributed by atoms with Crippen LogP contribution in [0.4, 0.5) is 0 Å². The van der Waals surface area contributed by atoms with Crippen molar-refractivity contribution in [3.63, 3.8) is 0 Å². The van der Waals surface area contributed by atoms with Crippen LogP contribution in [0.25, 0.3) is 0 Å². The molecule has 170 valence electrons. The lowest BCUT2D eigenvalue weighted by Crippen LogP contribution is -2.44. The highest BCUT2D eigenvalue weighted by molar-refractivity contribution is 6.00. The Morgan fingerprint density at radius 3 is 2.35 bits per heavy atom. The summed E-state index contributed by atoms with van der Waals surface area (Å²) in [6, 6.07) is 7.63. The third-order valence-electron chi connectivity index (χ3n) is 7.18. The molecule has 0 bridgehead atoms. The standard InChI is InChI=1S/C26H36O5/c1-18-10-11-21-19(16-25(21,2)3)12-14-26(23(27)29-4,24(28)30-5)17-20-8-6-7-9-22(20)31-15-13-18/h6-9,16,18,21H,10-15,17H2,1-5H3. The van der Waals surface area contributed by atoms with E-state index in [9.17, 15) is 9.59 Å². The lowest BCUT2D eigenvalue weighted by molar-refractivity contribution is -0.169. The number of hydrogen-bond acceptors (Lipinski definition) is 5. The Bertz CT molecular complexity index is 822. The summed E-state index contributed by atoms with van der Waals surface area (Å²) in [7, 11) is 2.66. The van der Waals surface area contributed by atoms with Crippen LogP contribution in [0.1, 0.15) is 58.4 Å². The van der Waals surface area contributed by atoms with Crippen LogP contribution in [0.3, 0.4) is 0 Å². The van der Waals surface area contributed by atoms with Gasteiger partial charge in [-0.3, -0.25) is 9.59 Å². The van der Waals surface area contributed by atoms with Gasteiger partial charge in [-0.25, -0.2) is 0 Å². The molecule has 3 rings (SSSR count). The Balaban J connectivity index is 2.02.